The summed E-state index contributed by atoms with van der Waals surface area (Å²) in [4.78, 5) is 2.13. The Balaban J connectivity index is 1.83. The van der Waals surface area contributed by atoms with Gasteiger partial charge in [0, 0.05) is 25.3 Å². The van der Waals surface area contributed by atoms with Crippen molar-refractivity contribution in [2.24, 2.45) is 11.7 Å². The lowest BCUT2D eigenvalue weighted by atomic mass is 9.84. The van der Waals surface area contributed by atoms with Crippen LogP contribution in [0, 0.1) is 11.7 Å². The largest absolute Gasteiger partial charge is 0.375 e. The van der Waals surface area contributed by atoms with Gasteiger partial charge < -0.3 is 10.6 Å². The molecule has 0 saturated heterocycles. The predicted molar refractivity (Wildman–Crippen MR) is 81.9 cm³/mol. The maximum Gasteiger partial charge on any atom is 0.139 e. The van der Waals surface area contributed by atoms with Crippen LogP contribution in [0.4, 0.5) is 10.1 Å². The first-order chi connectivity index (χ1) is 9.06. The second kappa shape index (κ2) is 6.71. The number of anilines is 1. The Bertz CT molecular complexity index is 417. The van der Waals surface area contributed by atoms with E-state index in [1.807, 2.05) is 13.1 Å². The fourth-order valence-electron chi connectivity index (χ4n) is 2.70. The average Bonchev–Trinajstić information content (AvgIpc) is 2.41. The van der Waals surface area contributed by atoms with Crippen LogP contribution in [-0.4, -0.2) is 19.6 Å². The Morgan fingerprint density at radius 2 is 2.00 bits per heavy atom. The van der Waals surface area contributed by atoms with Gasteiger partial charge in [0.05, 0.1) is 4.47 Å². The number of benzene rings is 1. The van der Waals surface area contributed by atoms with E-state index < -0.39 is 0 Å². The third-order valence-electron chi connectivity index (χ3n) is 4.11. The van der Waals surface area contributed by atoms with Gasteiger partial charge in [-0.1, -0.05) is 0 Å². The van der Waals surface area contributed by atoms with Gasteiger partial charge in [0.1, 0.15) is 5.82 Å². The molecular formula is C15H22BrFN2. The molecule has 4 heteroatoms. The standard InChI is InChI=1S/C15H22BrFN2/c1-19(13-6-7-14(16)15(17)10-13)9-8-11-2-4-12(18)5-3-11/h6-7,10-12H,2-5,8-9,18H2,1H3. The molecular weight excluding hydrogens is 307 g/mol. The van der Waals surface area contributed by atoms with Crippen LogP contribution >= 0.6 is 15.9 Å². The van der Waals surface area contributed by atoms with Crippen molar-refractivity contribution in [2.75, 3.05) is 18.5 Å². The highest BCUT2D eigenvalue weighted by Gasteiger charge is 2.18. The monoisotopic (exact) mass is 328 g/mol. The first kappa shape index (κ1) is 14.8. The molecule has 0 radical (unpaired) electrons. The van der Waals surface area contributed by atoms with Crippen LogP contribution in [0.25, 0.3) is 0 Å². The average molecular weight is 329 g/mol. The van der Waals surface area contributed by atoms with E-state index in [1.165, 1.54) is 19.3 Å². The van der Waals surface area contributed by atoms with Crippen molar-refractivity contribution in [1.82, 2.24) is 0 Å². The number of nitrogens with zero attached hydrogens (tertiary/aromatic N) is 1. The molecule has 1 aliphatic rings. The van der Waals surface area contributed by atoms with Gasteiger partial charge >= 0.3 is 0 Å². The fourth-order valence-corrected chi connectivity index (χ4v) is 2.95. The molecule has 0 aliphatic heterocycles. The van der Waals surface area contributed by atoms with Crippen LogP contribution < -0.4 is 10.6 Å². The molecule has 0 amide bonds. The van der Waals surface area contributed by atoms with E-state index in [4.69, 9.17) is 5.73 Å². The quantitative estimate of drug-likeness (QED) is 0.907. The zero-order valence-corrected chi connectivity index (χ0v) is 13.0. The molecule has 0 heterocycles. The normalized spacial score (nSPS) is 23.4. The lowest BCUT2D eigenvalue weighted by molar-refractivity contribution is 0.313. The summed E-state index contributed by atoms with van der Waals surface area (Å²) in [5.74, 6) is 0.579. The SMILES string of the molecule is CN(CCC1CCC(N)CC1)c1ccc(Br)c(F)c1. The van der Waals surface area contributed by atoms with Gasteiger partial charge in [-0.05, 0) is 72.2 Å². The van der Waals surface area contributed by atoms with Crippen LogP contribution in [0.1, 0.15) is 32.1 Å². The fraction of sp³-hybridized carbons (Fsp3) is 0.600. The molecule has 0 atom stereocenters. The molecule has 1 fully saturated rings. The van der Waals surface area contributed by atoms with Crippen molar-refractivity contribution in [3.05, 3.63) is 28.5 Å². The van der Waals surface area contributed by atoms with E-state index in [0.29, 0.717) is 10.5 Å². The summed E-state index contributed by atoms with van der Waals surface area (Å²) in [5, 5.41) is 0. The second-order valence-corrected chi connectivity index (χ2v) is 6.44. The third-order valence-corrected chi connectivity index (χ3v) is 4.75. The molecule has 2 rings (SSSR count). The van der Waals surface area contributed by atoms with Crippen LogP contribution in [0.3, 0.4) is 0 Å². The zero-order valence-electron chi connectivity index (χ0n) is 11.4. The Morgan fingerprint density at radius 1 is 1.32 bits per heavy atom. The lowest BCUT2D eigenvalue weighted by Crippen LogP contribution is -2.28. The van der Waals surface area contributed by atoms with Crippen molar-refractivity contribution < 1.29 is 4.39 Å². The second-order valence-electron chi connectivity index (χ2n) is 5.59. The molecule has 0 unspecified atom stereocenters. The van der Waals surface area contributed by atoms with Crippen LogP contribution in [0.15, 0.2) is 22.7 Å². The molecule has 2 N–H and O–H groups in total. The van der Waals surface area contributed by atoms with Crippen LogP contribution in [-0.2, 0) is 0 Å². The molecule has 1 aromatic rings. The summed E-state index contributed by atoms with van der Waals surface area (Å²) in [5.41, 5.74) is 6.86. The molecule has 2 nitrogen and oxygen atoms in total. The Morgan fingerprint density at radius 3 is 2.63 bits per heavy atom. The molecule has 19 heavy (non-hydrogen) atoms. The van der Waals surface area contributed by atoms with Crippen molar-refractivity contribution in [1.29, 1.82) is 0 Å². The summed E-state index contributed by atoms with van der Waals surface area (Å²) in [7, 11) is 2.03. The summed E-state index contributed by atoms with van der Waals surface area (Å²) in [6, 6.07) is 5.71. The molecule has 0 bridgehead atoms. The highest BCUT2D eigenvalue weighted by Crippen LogP contribution is 2.27. The molecule has 106 valence electrons. The summed E-state index contributed by atoms with van der Waals surface area (Å²) in [6.45, 7) is 0.973. The predicted octanol–water partition coefficient (Wildman–Crippen LogP) is 3.93. The molecule has 1 saturated carbocycles. The van der Waals surface area contributed by atoms with Gasteiger partial charge in [-0.15, -0.1) is 0 Å². The Hall–Kier alpha value is -0.610. The first-order valence-corrected chi connectivity index (χ1v) is 7.77. The zero-order chi connectivity index (χ0) is 13.8. The summed E-state index contributed by atoms with van der Waals surface area (Å²) < 4.78 is 14.0. The summed E-state index contributed by atoms with van der Waals surface area (Å²) in [6.07, 6.45) is 5.96. The number of hydrogen-bond acceptors (Lipinski definition) is 2. The van der Waals surface area contributed by atoms with Crippen molar-refractivity contribution in [2.45, 2.75) is 38.1 Å². The molecule has 1 aliphatic carbocycles. The smallest absolute Gasteiger partial charge is 0.139 e. The Labute approximate surface area is 123 Å². The van der Waals surface area contributed by atoms with Gasteiger partial charge in [-0.25, -0.2) is 4.39 Å². The van der Waals surface area contributed by atoms with E-state index in [-0.39, 0.29) is 5.82 Å². The maximum atomic E-state index is 13.5. The highest BCUT2D eigenvalue weighted by molar-refractivity contribution is 9.10. The van der Waals surface area contributed by atoms with Crippen LogP contribution in [0.5, 0.6) is 0 Å². The van der Waals surface area contributed by atoms with E-state index in [0.717, 1.165) is 31.0 Å². The maximum absolute atomic E-state index is 13.5. The van der Waals surface area contributed by atoms with Gasteiger partial charge in [0.25, 0.3) is 0 Å². The minimum absolute atomic E-state index is 0.201. The minimum Gasteiger partial charge on any atom is -0.375 e. The number of hydrogen-bond donors (Lipinski definition) is 1. The first-order valence-electron chi connectivity index (χ1n) is 6.98. The van der Waals surface area contributed by atoms with E-state index in [9.17, 15) is 4.39 Å². The van der Waals surface area contributed by atoms with Crippen molar-refractivity contribution >= 4 is 21.6 Å². The van der Waals surface area contributed by atoms with Crippen molar-refractivity contribution in [3.63, 3.8) is 0 Å². The lowest BCUT2D eigenvalue weighted by Gasteiger charge is -2.28. The summed E-state index contributed by atoms with van der Waals surface area (Å²) >= 11 is 3.18. The Kier molecular flexibility index (Phi) is 5.22. The van der Waals surface area contributed by atoms with Gasteiger partial charge in [0.2, 0.25) is 0 Å². The highest BCUT2D eigenvalue weighted by atomic mass is 79.9. The number of halogens is 2. The topological polar surface area (TPSA) is 29.3 Å². The van der Waals surface area contributed by atoms with Gasteiger partial charge in [0.15, 0.2) is 0 Å². The van der Waals surface area contributed by atoms with Gasteiger partial charge in [-0.3, -0.25) is 0 Å². The number of nitrogens with two attached hydrogens (primary N) is 1. The molecule has 0 aromatic heterocycles. The van der Waals surface area contributed by atoms with Crippen molar-refractivity contribution in [3.8, 4) is 0 Å². The molecule has 0 spiro atoms. The van der Waals surface area contributed by atoms with E-state index >= 15 is 0 Å². The number of rotatable bonds is 4. The van der Waals surface area contributed by atoms with E-state index in [1.54, 1.807) is 12.1 Å². The minimum atomic E-state index is -0.201. The van der Waals surface area contributed by atoms with Crippen LogP contribution in [0.2, 0.25) is 0 Å². The molecule has 1 aromatic carbocycles. The van der Waals surface area contributed by atoms with E-state index in [2.05, 4.69) is 20.8 Å². The van der Waals surface area contributed by atoms with Gasteiger partial charge in [-0.2, -0.15) is 0 Å². The third kappa shape index (κ3) is 4.18.